The molecule has 2 bridgehead atoms. The van der Waals surface area contributed by atoms with E-state index in [2.05, 4.69) is 60.3 Å². The summed E-state index contributed by atoms with van der Waals surface area (Å²) in [5, 5.41) is 8.36. The summed E-state index contributed by atoms with van der Waals surface area (Å²) in [5.74, 6) is 1.54. The number of ether oxygens (including phenoxy) is 2. The number of carbonyl (C=O) groups excluding carboxylic acids is 1. The first kappa shape index (κ1) is 32.6. The van der Waals surface area contributed by atoms with E-state index in [1.807, 2.05) is 31.0 Å². The second kappa shape index (κ2) is 12.4. The number of benzene rings is 2. The fourth-order valence-electron chi connectivity index (χ4n) is 9.14. The molecule has 10 rings (SSSR count). The molecule has 2 aromatic carbocycles. The van der Waals surface area contributed by atoms with Crippen LogP contribution in [0.15, 0.2) is 60.8 Å². The minimum absolute atomic E-state index is 0.0319. The summed E-state index contributed by atoms with van der Waals surface area (Å²) < 4.78 is 27.2. The summed E-state index contributed by atoms with van der Waals surface area (Å²) in [6, 6.07) is 16.5. The summed E-state index contributed by atoms with van der Waals surface area (Å²) in [7, 11) is 0. The van der Waals surface area contributed by atoms with Crippen LogP contribution in [-0.2, 0) is 19.5 Å². The third-order valence-electron chi connectivity index (χ3n) is 11.6. The number of pyridine rings is 1. The molecule has 0 unspecified atom stereocenters. The van der Waals surface area contributed by atoms with Gasteiger partial charge in [-0.3, -0.25) is 14.7 Å². The maximum atomic E-state index is 14.5. The Labute approximate surface area is 301 Å². The number of aromatic nitrogens is 4. The number of hydrogen-bond acceptors (Lipinski definition) is 9. The molecule has 2 aromatic heterocycles. The second-order valence-electron chi connectivity index (χ2n) is 15.6. The predicted molar refractivity (Wildman–Crippen MR) is 189 cm³/mol. The monoisotopic (exact) mass is 709 g/mol. The van der Waals surface area contributed by atoms with Crippen molar-refractivity contribution < 1.29 is 18.7 Å². The number of amides is 1. The molecule has 2 aliphatic heterocycles. The molecule has 4 aliphatic carbocycles. The highest BCUT2D eigenvalue weighted by Gasteiger charge is 2.62. The first-order chi connectivity index (χ1) is 24.7. The molecule has 1 spiro atoms. The average molecular weight is 710 g/mol. The molecule has 0 N–H and O–H groups in total. The fourth-order valence-corrected chi connectivity index (χ4v) is 9.34. The van der Waals surface area contributed by atoms with E-state index in [4.69, 9.17) is 21.1 Å². The molecule has 4 heterocycles. The maximum Gasteiger partial charge on any atom is 0.343 e. The van der Waals surface area contributed by atoms with Crippen molar-refractivity contribution in [2.45, 2.75) is 83.1 Å². The number of anilines is 1. The van der Waals surface area contributed by atoms with Crippen LogP contribution in [0, 0.1) is 17.2 Å². The third kappa shape index (κ3) is 5.88. The number of fused-ring (bicyclic) bond motifs is 1. The van der Waals surface area contributed by atoms with E-state index in [1.165, 1.54) is 29.3 Å². The van der Waals surface area contributed by atoms with Gasteiger partial charge in [-0.15, -0.1) is 5.10 Å². The highest BCUT2D eigenvalue weighted by molar-refractivity contribution is 6.31. The fraction of sp³-hybridized carbons (Fsp3) is 0.462. The van der Waals surface area contributed by atoms with E-state index in [9.17, 15) is 9.18 Å². The van der Waals surface area contributed by atoms with Gasteiger partial charge < -0.3 is 19.3 Å². The Kier molecular flexibility index (Phi) is 7.92. The predicted octanol–water partition coefficient (Wildman–Crippen LogP) is 6.86. The van der Waals surface area contributed by atoms with Gasteiger partial charge in [-0.1, -0.05) is 47.0 Å². The summed E-state index contributed by atoms with van der Waals surface area (Å²) in [6.45, 7) is 8.24. The Morgan fingerprint density at radius 1 is 1.04 bits per heavy atom. The molecule has 0 atom stereocenters. The van der Waals surface area contributed by atoms with Gasteiger partial charge in [-0.2, -0.15) is 4.98 Å². The maximum absolute atomic E-state index is 14.5. The van der Waals surface area contributed by atoms with Gasteiger partial charge in [0.15, 0.2) is 11.0 Å². The van der Waals surface area contributed by atoms with Gasteiger partial charge in [0.25, 0.3) is 5.91 Å². The van der Waals surface area contributed by atoms with Crippen molar-refractivity contribution in [3.63, 3.8) is 0 Å². The highest BCUT2D eigenvalue weighted by Crippen LogP contribution is 2.61. The summed E-state index contributed by atoms with van der Waals surface area (Å²) in [4.78, 5) is 29.6. The zero-order chi connectivity index (χ0) is 34.9. The highest BCUT2D eigenvalue weighted by atomic mass is 35.5. The van der Waals surface area contributed by atoms with Crippen LogP contribution in [0.4, 0.5) is 10.2 Å². The Morgan fingerprint density at radius 2 is 1.82 bits per heavy atom. The first-order valence-electron chi connectivity index (χ1n) is 18.0. The van der Waals surface area contributed by atoms with E-state index in [0.717, 1.165) is 82.7 Å². The summed E-state index contributed by atoms with van der Waals surface area (Å²) in [5.41, 5.74) is 3.77. The number of hydrogen-bond donors (Lipinski definition) is 0. The van der Waals surface area contributed by atoms with Crippen LogP contribution in [0.2, 0.25) is 5.15 Å². The van der Waals surface area contributed by atoms with Gasteiger partial charge in [0.05, 0.1) is 5.56 Å². The van der Waals surface area contributed by atoms with Gasteiger partial charge in [0.2, 0.25) is 0 Å². The quantitative estimate of drug-likeness (QED) is 0.175. The molecule has 6 aliphatic rings. The molecule has 1 amide bonds. The first-order valence-corrected chi connectivity index (χ1v) is 18.4. The van der Waals surface area contributed by atoms with Crippen molar-refractivity contribution in [1.29, 1.82) is 0 Å². The van der Waals surface area contributed by atoms with Crippen LogP contribution in [0.1, 0.15) is 73.1 Å². The van der Waals surface area contributed by atoms with E-state index < -0.39 is 5.82 Å². The largest absolute Gasteiger partial charge is 0.490 e. The zero-order valence-corrected chi connectivity index (χ0v) is 29.7. The molecule has 264 valence electrons. The standard InChI is InChI=1S/C39H41ClFN7O3/c1-24(2)48(39-15-26(16-39)17-39)36(49)29-14-27(41)8-9-32(29)51-37-43-35(34(40)44-45-37)47-22-38(23-47)18-28(19-38)50-33-10-12-42-31-11-13-46(21-30(31)33)20-25-6-4-3-5-7-25/h3-10,12,14,24,26,28H,11,13,15-23H2,1-2H3. The van der Waals surface area contributed by atoms with Gasteiger partial charge in [-0.05, 0) is 81.7 Å². The van der Waals surface area contributed by atoms with Gasteiger partial charge >= 0.3 is 6.01 Å². The lowest BCUT2D eigenvalue weighted by atomic mass is 9.48. The van der Waals surface area contributed by atoms with Crippen LogP contribution in [0.5, 0.6) is 17.5 Å². The normalized spacial score (nSPS) is 23.1. The number of rotatable bonds is 10. The molecule has 4 aromatic rings. The van der Waals surface area contributed by atoms with Crippen LogP contribution < -0.4 is 14.4 Å². The van der Waals surface area contributed by atoms with Crippen molar-refractivity contribution >= 4 is 23.3 Å². The third-order valence-corrected chi connectivity index (χ3v) is 11.8. The zero-order valence-electron chi connectivity index (χ0n) is 28.9. The number of halogens is 2. The Bertz CT molecular complexity index is 1970. The van der Waals surface area contributed by atoms with Crippen LogP contribution in [-0.4, -0.2) is 73.2 Å². The Morgan fingerprint density at radius 3 is 2.55 bits per heavy atom. The Hall–Kier alpha value is -4.35. The van der Waals surface area contributed by atoms with E-state index in [1.54, 1.807) is 0 Å². The van der Waals surface area contributed by atoms with Gasteiger partial charge in [-0.25, -0.2) is 4.39 Å². The summed E-state index contributed by atoms with van der Waals surface area (Å²) in [6.07, 6.45) is 7.78. The van der Waals surface area contributed by atoms with E-state index in [0.29, 0.717) is 11.7 Å². The van der Waals surface area contributed by atoms with Crippen molar-refractivity contribution in [2.75, 3.05) is 24.5 Å². The molecule has 51 heavy (non-hydrogen) atoms. The molecule has 0 radical (unpaired) electrons. The minimum atomic E-state index is -0.509. The smallest absolute Gasteiger partial charge is 0.343 e. The van der Waals surface area contributed by atoms with Crippen LogP contribution in [0.3, 0.4) is 0 Å². The molecule has 1 saturated heterocycles. The number of carbonyl (C=O) groups is 1. The molecular formula is C39H41ClFN7O3. The van der Waals surface area contributed by atoms with Crippen molar-refractivity contribution in [2.24, 2.45) is 11.3 Å². The molecular weight excluding hydrogens is 669 g/mol. The molecule has 10 nitrogen and oxygen atoms in total. The minimum Gasteiger partial charge on any atom is -0.490 e. The average Bonchev–Trinajstić information content (AvgIpc) is 3.04. The summed E-state index contributed by atoms with van der Waals surface area (Å²) >= 11 is 6.50. The molecule has 4 saturated carbocycles. The lowest BCUT2D eigenvalue weighted by Gasteiger charge is -2.67. The lowest BCUT2D eigenvalue weighted by Crippen LogP contribution is -2.71. The molecule has 5 fully saturated rings. The van der Waals surface area contributed by atoms with Gasteiger partial charge in [0.1, 0.15) is 23.4 Å². The van der Waals surface area contributed by atoms with Crippen molar-refractivity contribution in [3.05, 3.63) is 94.1 Å². The second-order valence-corrected chi connectivity index (χ2v) is 16.0. The van der Waals surface area contributed by atoms with E-state index >= 15 is 0 Å². The molecule has 12 heteroatoms. The van der Waals surface area contributed by atoms with Crippen LogP contribution >= 0.6 is 11.6 Å². The lowest BCUT2D eigenvalue weighted by molar-refractivity contribution is -0.134. The van der Waals surface area contributed by atoms with E-state index in [-0.39, 0.29) is 51.5 Å². The number of nitrogens with zero attached hydrogens (tertiary/aromatic N) is 7. The van der Waals surface area contributed by atoms with Crippen molar-refractivity contribution in [1.82, 2.24) is 30.0 Å². The SMILES string of the molecule is CC(C)N(C(=O)c1cc(F)ccc1Oc1nnc(Cl)c(N2CC3(CC(Oc4ccnc5c4CN(Cc4ccccc4)CC5)C3)C2)n1)C12CC(C1)C2. The Balaban J connectivity index is 0.842. The van der Waals surface area contributed by atoms with Crippen LogP contribution in [0.25, 0.3) is 0 Å². The van der Waals surface area contributed by atoms with Crippen molar-refractivity contribution in [3.8, 4) is 17.5 Å². The van der Waals surface area contributed by atoms with Gasteiger partial charge in [0, 0.05) is 73.6 Å². The topological polar surface area (TPSA) is 96.8 Å².